The average Bonchev–Trinajstić information content (AvgIpc) is 3.19. The van der Waals surface area contributed by atoms with Crippen LogP contribution < -0.4 is 10.2 Å². The van der Waals surface area contributed by atoms with Crippen LogP contribution in [-0.2, 0) is 16.0 Å². The van der Waals surface area contributed by atoms with Gasteiger partial charge in [0.1, 0.15) is 5.54 Å². The molecule has 1 N–H and O–H groups in total. The summed E-state index contributed by atoms with van der Waals surface area (Å²) in [5.41, 5.74) is 0.168. The van der Waals surface area contributed by atoms with E-state index >= 15 is 0 Å². The first kappa shape index (κ1) is 17.9. The summed E-state index contributed by atoms with van der Waals surface area (Å²) in [6.45, 7) is 0.391. The van der Waals surface area contributed by atoms with Gasteiger partial charge in [-0.2, -0.15) is 0 Å². The van der Waals surface area contributed by atoms with Crippen molar-refractivity contribution in [2.45, 2.75) is 50.5 Å². The lowest BCUT2D eigenvalue weighted by atomic mass is 9.98. The molecule has 2 aliphatic heterocycles. The second-order valence-corrected chi connectivity index (χ2v) is 7.47. The number of hydrogen-bond donors (Lipinski definition) is 1. The van der Waals surface area contributed by atoms with Crippen molar-refractivity contribution in [1.29, 1.82) is 0 Å². The summed E-state index contributed by atoms with van der Waals surface area (Å²) in [6, 6.07) is 1.72. The van der Waals surface area contributed by atoms with Gasteiger partial charge in [0.15, 0.2) is 11.6 Å². The van der Waals surface area contributed by atoms with Gasteiger partial charge in [-0.05, 0) is 37.3 Å². The SMILES string of the molecule is O=C1NC2(CCCC2)C(=O)N1CCC(=O)N1CCCc2cc(F)c(F)cc21. The lowest BCUT2D eigenvalue weighted by Crippen LogP contribution is -2.44. The van der Waals surface area contributed by atoms with Crippen molar-refractivity contribution in [3.05, 3.63) is 29.3 Å². The first-order valence-corrected chi connectivity index (χ1v) is 9.34. The molecular weight excluding hydrogens is 356 g/mol. The number of anilines is 1. The van der Waals surface area contributed by atoms with E-state index in [0.29, 0.717) is 43.5 Å². The largest absolute Gasteiger partial charge is 0.325 e. The molecule has 144 valence electrons. The van der Waals surface area contributed by atoms with Gasteiger partial charge in [0.25, 0.3) is 5.91 Å². The zero-order valence-corrected chi connectivity index (χ0v) is 14.9. The van der Waals surface area contributed by atoms with Crippen LogP contribution in [0.25, 0.3) is 0 Å². The first-order valence-electron chi connectivity index (χ1n) is 9.34. The number of benzene rings is 1. The van der Waals surface area contributed by atoms with Crippen LogP contribution in [0.5, 0.6) is 0 Å². The molecule has 2 fully saturated rings. The molecule has 6 nitrogen and oxygen atoms in total. The average molecular weight is 377 g/mol. The molecule has 1 saturated heterocycles. The number of rotatable bonds is 3. The Bertz CT molecular complexity index is 821. The Morgan fingerprint density at radius 1 is 1.11 bits per heavy atom. The van der Waals surface area contributed by atoms with Crippen LogP contribution in [0.15, 0.2) is 12.1 Å². The van der Waals surface area contributed by atoms with E-state index in [0.717, 1.165) is 29.9 Å². The third-order valence-electron chi connectivity index (χ3n) is 5.79. The molecule has 0 unspecified atom stereocenters. The number of carbonyl (C=O) groups excluding carboxylic acids is 3. The van der Waals surface area contributed by atoms with E-state index in [1.165, 1.54) is 4.90 Å². The smallest absolute Gasteiger partial charge is 0.323 e. The molecule has 27 heavy (non-hydrogen) atoms. The first-order chi connectivity index (χ1) is 12.9. The van der Waals surface area contributed by atoms with Crippen molar-refractivity contribution in [2.24, 2.45) is 0 Å². The maximum absolute atomic E-state index is 13.6. The third-order valence-corrected chi connectivity index (χ3v) is 5.79. The number of hydrogen-bond acceptors (Lipinski definition) is 3. The molecule has 0 bridgehead atoms. The van der Waals surface area contributed by atoms with Gasteiger partial charge in [-0.3, -0.25) is 14.5 Å². The standard InChI is InChI=1S/C19H21F2N3O3/c20-13-10-12-4-3-8-23(15(12)11-14(13)21)16(25)5-9-24-17(26)19(22-18(24)27)6-1-2-7-19/h10-11H,1-9H2,(H,22,27). The Hall–Kier alpha value is -2.51. The summed E-state index contributed by atoms with van der Waals surface area (Å²) in [7, 11) is 0. The van der Waals surface area contributed by atoms with Crippen LogP contribution in [-0.4, -0.2) is 41.4 Å². The molecule has 1 spiro atoms. The Morgan fingerprint density at radius 3 is 2.56 bits per heavy atom. The molecule has 0 radical (unpaired) electrons. The maximum Gasteiger partial charge on any atom is 0.325 e. The van der Waals surface area contributed by atoms with Crippen molar-refractivity contribution in [3.63, 3.8) is 0 Å². The molecule has 3 aliphatic rings. The Labute approximate surface area is 155 Å². The van der Waals surface area contributed by atoms with Crippen molar-refractivity contribution in [1.82, 2.24) is 10.2 Å². The van der Waals surface area contributed by atoms with Crippen LogP contribution in [0.4, 0.5) is 19.3 Å². The number of amides is 4. The summed E-state index contributed by atoms with van der Waals surface area (Å²) in [5.74, 6) is -2.49. The van der Waals surface area contributed by atoms with Gasteiger partial charge in [0.05, 0.1) is 0 Å². The molecule has 8 heteroatoms. The number of fused-ring (bicyclic) bond motifs is 1. The molecule has 1 aromatic carbocycles. The predicted octanol–water partition coefficient (Wildman–Crippen LogP) is 2.50. The van der Waals surface area contributed by atoms with Gasteiger partial charge < -0.3 is 10.2 Å². The number of imide groups is 1. The summed E-state index contributed by atoms with van der Waals surface area (Å²) >= 11 is 0. The Morgan fingerprint density at radius 2 is 1.81 bits per heavy atom. The van der Waals surface area contributed by atoms with Crippen LogP contribution >= 0.6 is 0 Å². The summed E-state index contributed by atoms with van der Waals surface area (Å²) < 4.78 is 27.1. The van der Waals surface area contributed by atoms with Crippen LogP contribution in [0, 0.1) is 11.6 Å². The lowest BCUT2D eigenvalue weighted by Gasteiger charge is -2.30. The molecule has 0 atom stereocenters. The fourth-order valence-corrected chi connectivity index (χ4v) is 4.38. The lowest BCUT2D eigenvalue weighted by molar-refractivity contribution is -0.131. The monoisotopic (exact) mass is 377 g/mol. The van der Waals surface area contributed by atoms with E-state index in [1.54, 1.807) is 0 Å². The van der Waals surface area contributed by atoms with Gasteiger partial charge in [-0.1, -0.05) is 12.8 Å². The van der Waals surface area contributed by atoms with Crippen molar-refractivity contribution < 1.29 is 23.2 Å². The molecule has 4 rings (SSSR count). The second kappa shape index (κ2) is 6.58. The molecule has 2 heterocycles. The maximum atomic E-state index is 13.6. The molecule has 4 amide bonds. The van der Waals surface area contributed by atoms with Crippen molar-refractivity contribution in [2.75, 3.05) is 18.0 Å². The highest BCUT2D eigenvalue weighted by molar-refractivity contribution is 6.07. The van der Waals surface area contributed by atoms with E-state index in [9.17, 15) is 23.2 Å². The molecule has 1 aliphatic carbocycles. The number of aryl methyl sites for hydroxylation is 1. The Kier molecular flexibility index (Phi) is 4.36. The fourth-order valence-electron chi connectivity index (χ4n) is 4.38. The van der Waals surface area contributed by atoms with Gasteiger partial charge in [0.2, 0.25) is 5.91 Å². The zero-order valence-electron chi connectivity index (χ0n) is 14.9. The minimum atomic E-state index is -0.995. The minimum Gasteiger partial charge on any atom is -0.323 e. The highest BCUT2D eigenvalue weighted by Gasteiger charge is 2.52. The number of carbonyl (C=O) groups is 3. The van der Waals surface area contributed by atoms with E-state index in [2.05, 4.69) is 5.32 Å². The van der Waals surface area contributed by atoms with E-state index in [-0.39, 0.29) is 24.8 Å². The van der Waals surface area contributed by atoms with Gasteiger partial charge >= 0.3 is 6.03 Å². The zero-order chi connectivity index (χ0) is 19.2. The number of nitrogens with one attached hydrogen (secondary N) is 1. The summed E-state index contributed by atoms with van der Waals surface area (Å²) in [4.78, 5) is 40.0. The minimum absolute atomic E-state index is 0.0131. The topological polar surface area (TPSA) is 69.7 Å². The third kappa shape index (κ3) is 2.96. The van der Waals surface area contributed by atoms with E-state index in [4.69, 9.17) is 0 Å². The van der Waals surface area contributed by atoms with Crippen molar-refractivity contribution >= 4 is 23.5 Å². The molecular formula is C19H21F2N3O3. The van der Waals surface area contributed by atoms with Crippen LogP contribution in [0.1, 0.15) is 44.1 Å². The quantitative estimate of drug-likeness (QED) is 0.823. The second-order valence-electron chi connectivity index (χ2n) is 7.47. The Balaban J connectivity index is 1.46. The van der Waals surface area contributed by atoms with Crippen LogP contribution in [0.3, 0.4) is 0 Å². The molecule has 0 aromatic heterocycles. The van der Waals surface area contributed by atoms with Gasteiger partial charge in [-0.15, -0.1) is 0 Å². The van der Waals surface area contributed by atoms with E-state index < -0.39 is 23.2 Å². The predicted molar refractivity (Wildman–Crippen MR) is 93.1 cm³/mol. The number of urea groups is 1. The highest BCUT2D eigenvalue weighted by Crippen LogP contribution is 2.35. The van der Waals surface area contributed by atoms with E-state index in [1.807, 2.05) is 0 Å². The molecule has 1 saturated carbocycles. The summed E-state index contributed by atoms with van der Waals surface area (Å²) in [5, 5.41) is 2.78. The molecule has 1 aromatic rings. The van der Waals surface area contributed by atoms with Crippen LogP contribution in [0.2, 0.25) is 0 Å². The normalized spacial score (nSPS) is 21.0. The highest BCUT2D eigenvalue weighted by atomic mass is 19.2. The fraction of sp³-hybridized carbons (Fsp3) is 0.526. The van der Waals surface area contributed by atoms with Crippen molar-refractivity contribution in [3.8, 4) is 0 Å². The number of nitrogens with zero attached hydrogens (tertiary/aromatic N) is 2. The van der Waals surface area contributed by atoms with Gasteiger partial charge in [-0.25, -0.2) is 13.6 Å². The number of halogens is 2. The summed E-state index contributed by atoms with van der Waals surface area (Å²) in [6.07, 6.45) is 4.23. The van der Waals surface area contributed by atoms with Gasteiger partial charge in [0, 0.05) is 31.3 Å².